The second-order valence-electron chi connectivity index (χ2n) is 5.93. The molecule has 2 atom stereocenters. The lowest BCUT2D eigenvalue weighted by molar-refractivity contribution is 0.188. The van der Waals surface area contributed by atoms with Gasteiger partial charge in [-0.3, -0.25) is 9.80 Å². The van der Waals surface area contributed by atoms with Crippen molar-refractivity contribution in [1.29, 1.82) is 0 Å². The van der Waals surface area contributed by atoms with Gasteiger partial charge in [0.25, 0.3) is 0 Å². The molecule has 0 bridgehead atoms. The largest absolute Gasteiger partial charge is 0.324 e. The summed E-state index contributed by atoms with van der Waals surface area (Å²) in [5.41, 5.74) is 6.27. The van der Waals surface area contributed by atoms with Crippen molar-refractivity contribution in [3.63, 3.8) is 0 Å². The van der Waals surface area contributed by atoms with Gasteiger partial charge in [-0.05, 0) is 52.2 Å². The van der Waals surface area contributed by atoms with E-state index in [4.69, 9.17) is 5.73 Å². The molecule has 2 unspecified atom stereocenters. The highest BCUT2D eigenvalue weighted by Crippen LogP contribution is 2.22. The van der Waals surface area contributed by atoms with Gasteiger partial charge in [-0.2, -0.15) is 0 Å². The topological polar surface area (TPSA) is 32.5 Å². The fourth-order valence-electron chi connectivity index (χ4n) is 3.05. The highest BCUT2D eigenvalue weighted by Gasteiger charge is 2.30. The normalized spacial score (nSPS) is 32.1. The molecule has 2 aliphatic rings. The van der Waals surface area contributed by atoms with Crippen LogP contribution in [0.15, 0.2) is 0 Å². The van der Waals surface area contributed by atoms with Gasteiger partial charge in [0.15, 0.2) is 0 Å². The Bertz CT molecular complexity index is 227. The summed E-state index contributed by atoms with van der Waals surface area (Å²) in [6.45, 7) is 10.5. The lowest BCUT2D eigenvalue weighted by Crippen LogP contribution is -2.49. The minimum absolute atomic E-state index is 0.00618. The number of nitrogens with two attached hydrogens (primary N) is 1. The molecule has 0 aromatic carbocycles. The van der Waals surface area contributed by atoms with Gasteiger partial charge in [0.1, 0.15) is 0 Å². The number of hydrogen-bond acceptors (Lipinski definition) is 3. The van der Waals surface area contributed by atoms with Crippen LogP contribution >= 0.6 is 0 Å². The molecule has 3 nitrogen and oxygen atoms in total. The first-order chi connectivity index (χ1) is 7.61. The number of nitrogens with zero attached hydrogens (tertiary/aromatic N) is 2. The summed E-state index contributed by atoms with van der Waals surface area (Å²) in [6.07, 6.45) is 5.17. The summed E-state index contributed by atoms with van der Waals surface area (Å²) in [5.74, 6) is 0. The van der Waals surface area contributed by atoms with Gasteiger partial charge in [-0.1, -0.05) is 6.92 Å². The van der Waals surface area contributed by atoms with E-state index >= 15 is 0 Å². The average Bonchev–Trinajstić information content (AvgIpc) is 2.58. The second kappa shape index (κ2) is 5.03. The van der Waals surface area contributed by atoms with Gasteiger partial charge in [-0.15, -0.1) is 0 Å². The van der Waals surface area contributed by atoms with Crippen molar-refractivity contribution in [2.75, 3.05) is 32.7 Å². The quantitative estimate of drug-likeness (QED) is 0.785. The predicted molar refractivity (Wildman–Crippen MR) is 68.5 cm³/mol. The Hall–Kier alpha value is -0.120. The summed E-state index contributed by atoms with van der Waals surface area (Å²) >= 11 is 0. The Morgan fingerprint density at radius 3 is 2.75 bits per heavy atom. The molecule has 2 saturated heterocycles. The van der Waals surface area contributed by atoms with Crippen molar-refractivity contribution in [1.82, 2.24) is 9.80 Å². The first kappa shape index (κ1) is 12.3. The van der Waals surface area contributed by atoms with Gasteiger partial charge in [0, 0.05) is 24.7 Å². The molecule has 2 aliphatic heterocycles. The monoisotopic (exact) mass is 225 g/mol. The summed E-state index contributed by atoms with van der Waals surface area (Å²) in [7, 11) is 0. The molecule has 2 N–H and O–H groups in total. The Kier molecular flexibility index (Phi) is 3.88. The van der Waals surface area contributed by atoms with E-state index in [1.165, 1.54) is 45.4 Å². The van der Waals surface area contributed by atoms with E-state index in [9.17, 15) is 0 Å². The molecule has 0 aromatic heterocycles. The zero-order valence-corrected chi connectivity index (χ0v) is 10.9. The van der Waals surface area contributed by atoms with Crippen LogP contribution in [0.4, 0.5) is 0 Å². The number of hydrogen-bond donors (Lipinski definition) is 1. The van der Waals surface area contributed by atoms with Crippen molar-refractivity contribution in [3.05, 3.63) is 0 Å². The third kappa shape index (κ3) is 2.96. The maximum absolute atomic E-state index is 6.28. The Morgan fingerprint density at radius 1 is 1.25 bits per heavy atom. The van der Waals surface area contributed by atoms with Crippen molar-refractivity contribution >= 4 is 0 Å². The van der Waals surface area contributed by atoms with Crippen molar-refractivity contribution in [3.8, 4) is 0 Å². The number of fused-ring (bicyclic) bond motifs is 1. The molecule has 94 valence electrons. The van der Waals surface area contributed by atoms with Crippen LogP contribution in [-0.2, 0) is 0 Å². The van der Waals surface area contributed by atoms with Crippen LogP contribution in [0.1, 0.15) is 39.5 Å². The molecule has 2 rings (SSSR count). The van der Waals surface area contributed by atoms with Crippen molar-refractivity contribution in [2.24, 2.45) is 5.73 Å². The molecular formula is C13H27N3. The van der Waals surface area contributed by atoms with Crippen LogP contribution in [0.25, 0.3) is 0 Å². The third-order valence-electron chi connectivity index (χ3n) is 4.28. The Labute approximate surface area is 100.0 Å². The van der Waals surface area contributed by atoms with Gasteiger partial charge in [0.2, 0.25) is 0 Å². The zero-order valence-electron chi connectivity index (χ0n) is 10.9. The van der Waals surface area contributed by atoms with E-state index in [2.05, 4.69) is 23.6 Å². The molecular weight excluding hydrogens is 198 g/mol. The van der Waals surface area contributed by atoms with Gasteiger partial charge < -0.3 is 5.73 Å². The molecule has 0 spiro atoms. The standard InChI is InChI=1S/C13H27N3/c1-3-13(2,14)11-15-7-5-9-16-8-4-6-12(16)10-15/h12H,3-11,14H2,1-2H3. The first-order valence-corrected chi connectivity index (χ1v) is 6.86. The van der Waals surface area contributed by atoms with Crippen molar-refractivity contribution < 1.29 is 0 Å². The summed E-state index contributed by atoms with van der Waals surface area (Å²) in [4.78, 5) is 5.28. The molecule has 2 fully saturated rings. The molecule has 2 heterocycles. The zero-order chi connectivity index (χ0) is 11.6. The van der Waals surface area contributed by atoms with E-state index in [0.29, 0.717) is 0 Å². The third-order valence-corrected chi connectivity index (χ3v) is 4.28. The maximum atomic E-state index is 6.28. The molecule has 3 heteroatoms. The fraction of sp³-hybridized carbons (Fsp3) is 1.00. The van der Waals surface area contributed by atoms with Crippen LogP contribution in [0, 0.1) is 0 Å². The minimum Gasteiger partial charge on any atom is -0.324 e. The van der Waals surface area contributed by atoms with E-state index in [1.54, 1.807) is 0 Å². The van der Waals surface area contributed by atoms with Crippen LogP contribution < -0.4 is 5.73 Å². The predicted octanol–water partition coefficient (Wildman–Crippen LogP) is 1.28. The van der Waals surface area contributed by atoms with Crippen LogP contribution in [0.3, 0.4) is 0 Å². The first-order valence-electron chi connectivity index (χ1n) is 6.86. The summed E-state index contributed by atoms with van der Waals surface area (Å²) < 4.78 is 0. The van der Waals surface area contributed by atoms with Gasteiger partial charge >= 0.3 is 0 Å². The molecule has 16 heavy (non-hydrogen) atoms. The fourth-order valence-corrected chi connectivity index (χ4v) is 3.05. The Morgan fingerprint density at radius 2 is 2.00 bits per heavy atom. The molecule has 0 saturated carbocycles. The van der Waals surface area contributed by atoms with Crippen molar-refractivity contribution in [2.45, 2.75) is 51.1 Å². The maximum Gasteiger partial charge on any atom is 0.0252 e. The number of rotatable bonds is 3. The lowest BCUT2D eigenvalue weighted by atomic mass is 9.99. The molecule has 0 aliphatic carbocycles. The SMILES string of the molecule is CCC(C)(N)CN1CCCN2CCCC2C1. The summed E-state index contributed by atoms with van der Waals surface area (Å²) in [5, 5.41) is 0. The van der Waals surface area contributed by atoms with Gasteiger partial charge in [0.05, 0.1) is 0 Å². The molecule has 0 radical (unpaired) electrons. The molecule has 0 amide bonds. The Balaban J connectivity index is 1.90. The van der Waals surface area contributed by atoms with E-state index < -0.39 is 0 Å². The van der Waals surface area contributed by atoms with Crippen LogP contribution in [0.2, 0.25) is 0 Å². The highest BCUT2D eigenvalue weighted by molar-refractivity contribution is 4.88. The van der Waals surface area contributed by atoms with Gasteiger partial charge in [-0.25, -0.2) is 0 Å². The molecule has 0 aromatic rings. The smallest absolute Gasteiger partial charge is 0.0252 e. The average molecular weight is 225 g/mol. The summed E-state index contributed by atoms with van der Waals surface area (Å²) in [6, 6.07) is 0.815. The highest BCUT2D eigenvalue weighted by atomic mass is 15.3. The van der Waals surface area contributed by atoms with E-state index in [1.807, 2.05) is 0 Å². The second-order valence-corrected chi connectivity index (χ2v) is 5.93. The lowest BCUT2D eigenvalue weighted by Gasteiger charge is -2.32. The van der Waals surface area contributed by atoms with Crippen LogP contribution in [0.5, 0.6) is 0 Å². The van der Waals surface area contributed by atoms with E-state index in [-0.39, 0.29) is 5.54 Å². The minimum atomic E-state index is -0.00618. The van der Waals surface area contributed by atoms with E-state index in [0.717, 1.165) is 19.0 Å². The van der Waals surface area contributed by atoms with Crippen LogP contribution in [-0.4, -0.2) is 54.1 Å².